The van der Waals surface area contributed by atoms with Crippen molar-refractivity contribution < 1.29 is 19.0 Å². The molecule has 3 N–H and O–H groups in total. The van der Waals surface area contributed by atoms with Gasteiger partial charge in [0.25, 0.3) is 0 Å². The first-order valence-corrected chi connectivity index (χ1v) is 9.85. The van der Waals surface area contributed by atoms with Gasteiger partial charge in [-0.1, -0.05) is 0 Å². The van der Waals surface area contributed by atoms with Gasteiger partial charge in [0.05, 0.1) is 40.9 Å². The molecule has 0 radical (unpaired) electrons. The average molecular weight is 391 g/mol. The molecule has 4 heterocycles. The number of fused-ring (bicyclic) bond motifs is 7. The van der Waals surface area contributed by atoms with E-state index >= 15 is 4.39 Å². The van der Waals surface area contributed by atoms with Crippen molar-refractivity contribution in [1.82, 2.24) is 4.57 Å². The molecule has 3 aliphatic heterocycles. The third kappa shape index (κ3) is 2.28. The lowest BCUT2D eigenvalue weighted by Crippen LogP contribution is -2.42. The number of hydrogen-bond donors (Lipinski definition) is 2. The number of aromatic nitrogens is 1. The molecule has 1 fully saturated rings. The zero-order chi connectivity index (χ0) is 18.9. The highest BCUT2D eigenvalue weighted by atomic mass is 32.2. The van der Waals surface area contributed by atoms with Crippen LogP contribution in [0, 0.1) is 5.82 Å². The van der Waals surface area contributed by atoms with Crippen molar-refractivity contribution >= 4 is 34.3 Å². The molecule has 0 saturated carbocycles. The van der Waals surface area contributed by atoms with E-state index in [-0.39, 0.29) is 29.6 Å². The van der Waals surface area contributed by atoms with Gasteiger partial charge in [-0.25, -0.2) is 9.18 Å². The van der Waals surface area contributed by atoms with Crippen molar-refractivity contribution in [3.05, 3.63) is 33.2 Å². The number of rotatable bonds is 1. The van der Waals surface area contributed by atoms with Gasteiger partial charge in [0.15, 0.2) is 0 Å². The van der Waals surface area contributed by atoms with Crippen molar-refractivity contribution in [3.63, 3.8) is 0 Å². The van der Waals surface area contributed by atoms with Crippen molar-refractivity contribution in [3.8, 4) is 0 Å². The van der Waals surface area contributed by atoms with Crippen LogP contribution < -0.4 is 16.1 Å². The monoisotopic (exact) mass is 391 g/mol. The molecule has 2 atom stereocenters. The lowest BCUT2D eigenvalue weighted by Gasteiger charge is -2.28. The Labute approximate surface area is 157 Å². The number of halogens is 1. The van der Waals surface area contributed by atoms with Crippen LogP contribution in [0.25, 0.3) is 10.9 Å². The first-order chi connectivity index (χ1) is 13.0. The molecule has 7 nitrogen and oxygen atoms in total. The number of anilines is 1. The number of pyridine rings is 1. The number of thioether (sulfide) groups is 1. The Morgan fingerprint density at radius 1 is 1.41 bits per heavy atom. The second-order valence-corrected chi connectivity index (χ2v) is 8.21. The second kappa shape index (κ2) is 5.95. The molecule has 5 rings (SSSR count). The second-order valence-electron chi connectivity index (χ2n) is 7.12. The van der Waals surface area contributed by atoms with Gasteiger partial charge in [-0.2, -0.15) is 0 Å². The Bertz CT molecular complexity index is 1050. The molecular weight excluding hydrogens is 373 g/mol. The number of ether oxygens (including phenoxy) is 1. The Morgan fingerprint density at radius 3 is 3.00 bits per heavy atom. The molecule has 0 bridgehead atoms. The predicted molar refractivity (Wildman–Crippen MR) is 99.2 cm³/mol. The van der Waals surface area contributed by atoms with Gasteiger partial charge < -0.3 is 25.0 Å². The number of benzene rings is 1. The van der Waals surface area contributed by atoms with E-state index in [1.54, 1.807) is 0 Å². The van der Waals surface area contributed by atoms with Gasteiger partial charge in [0, 0.05) is 30.4 Å². The van der Waals surface area contributed by atoms with E-state index in [1.165, 1.54) is 17.8 Å². The van der Waals surface area contributed by atoms with Crippen LogP contribution in [0.1, 0.15) is 22.3 Å². The van der Waals surface area contributed by atoms with Crippen LogP contribution in [0.4, 0.5) is 10.1 Å². The van der Waals surface area contributed by atoms with Crippen LogP contribution in [0.2, 0.25) is 0 Å². The number of nitrogens with zero attached hydrogens (tertiary/aromatic N) is 2. The normalized spacial score (nSPS) is 23.9. The molecule has 142 valence electrons. The number of aromatic carboxylic acids is 1. The van der Waals surface area contributed by atoms with E-state index in [9.17, 15) is 14.7 Å². The summed E-state index contributed by atoms with van der Waals surface area (Å²) in [5.74, 6) is -1.14. The summed E-state index contributed by atoms with van der Waals surface area (Å²) >= 11 is 1.35. The fourth-order valence-corrected chi connectivity index (χ4v) is 5.65. The summed E-state index contributed by atoms with van der Waals surface area (Å²) < 4.78 is 22.8. The number of carbonyl (C=O) groups is 1. The molecule has 2 aromatic rings. The highest BCUT2D eigenvalue weighted by molar-refractivity contribution is 7.99. The Hall–Kier alpha value is -2.10. The van der Waals surface area contributed by atoms with Crippen LogP contribution in [-0.4, -0.2) is 46.6 Å². The molecule has 0 spiro atoms. The van der Waals surface area contributed by atoms with E-state index in [0.29, 0.717) is 47.2 Å². The van der Waals surface area contributed by atoms with E-state index in [0.717, 1.165) is 6.42 Å². The molecule has 1 aromatic carbocycles. The summed E-state index contributed by atoms with van der Waals surface area (Å²) in [6, 6.07) is 0.992. The summed E-state index contributed by atoms with van der Waals surface area (Å²) in [7, 11) is 0. The third-order valence-electron chi connectivity index (χ3n) is 5.71. The number of carboxylic acids is 1. The molecule has 3 aliphatic rings. The van der Waals surface area contributed by atoms with Crippen molar-refractivity contribution in [2.24, 2.45) is 5.73 Å². The minimum atomic E-state index is -1.28. The first kappa shape index (κ1) is 17.0. The molecule has 9 heteroatoms. The standard InChI is InChI=1S/C18H18FN3O4S/c19-10-5-8-14(22-3-4-27-17(22)13(16(8)23)18(24)25)9-6-26-7-12-11(20)1-2-21(12)15(9)10/h5,11-12H,1-4,6-7,20H2,(H,24,25)/t11-,12?/m1/s1. The van der Waals surface area contributed by atoms with Gasteiger partial charge in [-0.15, -0.1) is 11.8 Å². The van der Waals surface area contributed by atoms with Crippen molar-refractivity contribution in [2.45, 2.75) is 36.7 Å². The van der Waals surface area contributed by atoms with Gasteiger partial charge in [-0.05, 0) is 12.5 Å². The van der Waals surface area contributed by atoms with Crippen molar-refractivity contribution in [2.75, 3.05) is 23.8 Å². The third-order valence-corrected chi connectivity index (χ3v) is 6.80. The lowest BCUT2D eigenvalue weighted by molar-refractivity contribution is 0.0690. The average Bonchev–Trinajstić information content (AvgIpc) is 3.17. The van der Waals surface area contributed by atoms with E-state index in [4.69, 9.17) is 10.5 Å². The fourth-order valence-electron chi connectivity index (χ4n) is 4.52. The van der Waals surface area contributed by atoms with Gasteiger partial charge >= 0.3 is 5.97 Å². The largest absolute Gasteiger partial charge is 0.477 e. The van der Waals surface area contributed by atoms with Gasteiger partial charge in [-0.3, -0.25) is 4.79 Å². The molecule has 1 saturated heterocycles. The minimum absolute atomic E-state index is 0.0931. The Morgan fingerprint density at radius 2 is 2.22 bits per heavy atom. The van der Waals surface area contributed by atoms with Gasteiger partial charge in [0.1, 0.15) is 11.4 Å². The van der Waals surface area contributed by atoms with E-state index in [1.807, 2.05) is 9.47 Å². The predicted octanol–water partition coefficient (Wildman–Crippen LogP) is 1.38. The lowest BCUT2D eigenvalue weighted by atomic mass is 10.0. The first-order valence-electron chi connectivity index (χ1n) is 8.87. The van der Waals surface area contributed by atoms with Crippen molar-refractivity contribution in [1.29, 1.82) is 0 Å². The van der Waals surface area contributed by atoms with Crippen LogP contribution in [0.5, 0.6) is 0 Å². The number of hydrogen-bond acceptors (Lipinski definition) is 6. The summed E-state index contributed by atoms with van der Waals surface area (Å²) in [5, 5.41) is 10.1. The van der Waals surface area contributed by atoms with Crippen LogP contribution in [0.15, 0.2) is 15.9 Å². The summed E-state index contributed by atoms with van der Waals surface area (Å²) in [6.07, 6.45) is 0.747. The molecular formula is C18H18FN3O4S. The zero-order valence-corrected chi connectivity index (χ0v) is 15.2. The SMILES string of the molecule is N[C@@H]1CCN2c3c(F)cc4c(=O)c(C(=O)O)c5n(c4c3COCC12)CCS5. The van der Waals surface area contributed by atoms with Gasteiger partial charge in [0.2, 0.25) is 5.43 Å². The molecule has 1 aromatic heterocycles. The summed E-state index contributed by atoms with van der Waals surface area (Å²) in [4.78, 5) is 26.5. The zero-order valence-electron chi connectivity index (χ0n) is 14.4. The highest BCUT2D eigenvalue weighted by Gasteiger charge is 2.38. The minimum Gasteiger partial charge on any atom is -0.477 e. The molecule has 0 amide bonds. The molecule has 27 heavy (non-hydrogen) atoms. The van der Waals surface area contributed by atoms with E-state index < -0.39 is 17.2 Å². The highest BCUT2D eigenvalue weighted by Crippen LogP contribution is 2.40. The Kier molecular flexibility index (Phi) is 3.75. The summed E-state index contributed by atoms with van der Waals surface area (Å²) in [6.45, 7) is 1.76. The topological polar surface area (TPSA) is 97.8 Å². The maximum atomic E-state index is 15.2. The number of nitrogens with two attached hydrogens (primary N) is 1. The fraction of sp³-hybridized carbons (Fsp3) is 0.444. The maximum absolute atomic E-state index is 15.2. The van der Waals surface area contributed by atoms with Crippen LogP contribution in [-0.2, 0) is 17.9 Å². The quantitative estimate of drug-likeness (QED) is 0.758. The maximum Gasteiger partial charge on any atom is 0.342 e. The van der Waals surface area contributed by atoms with Crippen LogP contribution >= 0.6 is 11.8 Å². The van der Waals surface area contributed by atoms with Crippen LogP contribution in [0.3, 0.4) is 0 Å². The smallest absolute Gasteiger partial charge is 0.342 e. The van der Waals surface area contributed by atoms with E-state index in [2.05, 4.69) is 0 Å². The molecule has 1 unspecified atom stereocenters. The number of aryl methyl sites for hydroxylation is 1. The number of carboxylic acid groups (broad SMARTS) is 1. The Balaban J connectivity index is 1.89. The summed E-state index contributed by atoms with van der Waals surface area (Å²) in [5.41, 5.74) is 6.89. The molecule has 0 aliphatic carbocycles.